The first-order chi connectivity index (χ1) is 15.7. The van der Waals surface area contributed by atoms with Gasteiger partial charge in [0.15, 0.2) is 0 Å². The lowest BCUT2D eigenvalue weighted by atomic mass is 10.0. The summed E-state index contributed by atoms with van der Waals surface area (Å²) < 4.78 is 0. The Morgan fingerprint density at radius 3 is 2.44 bits per heavy atom. The number of aromatic nitrogens is 1. The van der Waals surface area contributed by atoms with E-state index >= 15 is 0 Å². The maximum atomic E-state index is 13.6. The highest BCUT2D eigenvalue weighted by Gasteiger charge is 2.26. The predicted molar refractivity (Wildman–Crippen MR) is 129 cm³/mol. The first-order valence-corrected chi connectivity index (χ1v) is 11.3. The van der Waals surface area contributed by atoms with E-state index in [9.17, 15) is 4.79 Å². The molecule has 32 heavy (non-hydrogen) atoms. The molecule has 0 unspecified atom stereocenters. The summed E-state index contributed by atoms with van der Waals surface area (Å²) >= 11 is 0. The Hall–Kier alpha value is -3.50. The maximum absolute atomic E-state index is 13.6. The molecule has 1 fully saturated rings. The summed E-state index contributed by atoms with van der Waals surface area (Å²) in [6, 6.07) is 28.8. The first-order valence-electron chi connectivity index (χ1n) is 11.3. The molecule has 0 atom stereocenters. The summed E-state index contributed by atoms with van der Waals surface area (Å²) in [7, 11) is 0. The molecule has 1 aliphatic rings. The highest BCUT2D eigenvalue weighted by Crippen LogP contribution is 2.26. The zero-order valence-corrected chi connectivity index (χ0v) is 18.4. The van der Waals surface area contributed by atoms with Crippen molar-refractivity contribution in [2.45, 2.75) is 13.5 Å². The van der Waals surface area contributed by atoms with Crippen LogP contribution in [0.4, 0.5) is 0 Å². The van der Waals surface area contributed by atoms with Gasteiger partial charge in [0.2, 0.25) is 0 Å². The van der Waals surface area contributed by atoms with Gasteiger partial charge in [-0.15, -0.1) is 0 Å². The standard InChI is InChI=1S/C28H27N3O/c1-21-8-7-11-23(18-21)27-19-25(24-12-5-6-13-26(24)29-27)28(32)31-16-14-30(15-17-31)20-22-9-3-2-4-10-22/h2-13,18-19H,14-17,20H2,1H3/p+1. The van der Waals surface area contributed by atoms with Gasteiger partial charge in [-0.3, -0.25) is 4.79 Å². The highest BCUT2D eigenvalue weighted by molar-refractivity contribution is 6.07. The molecule has 1 saturated heterocycles. The fourth-order valence-corrected chi connectivity index (χ4v) is 4.56. The molecule has 0 spiro atoms. The van der Waals surface area contributed by atoms with Crippen LogP contribution in [0.5, 0.6) is 0 Å². The molecule has 1 amide bonds. The first kappa shape index (κ1) is 20.4. The number of nitrogens with one attached hydrogen (secondary N) is 1. The van der Waals surface area contributed by atoms with Gasteiger partial charge in [-0.1, -0.05) is 72.3 Å². The van der Waals surface area contributed by atoms with E-state index < -0.39 is 0 Å². The number of aryl methyl sites for hydroxylation is 1. The van der Waals surface area contributed by atoms with Crippen molar-refractivity contribution in [3.8, 4) is 11.3 Å². The number of hydrogen-bond donors (Lipinski definition) is 1. The van der Waals surface area contributed by atoms with Gasteiger partial charge in [0.05, 0.1) is 43.0 Å². The number of hydrogen-bond acceptors (Lipinski definition) is 2. The van der Waals surface area contributed by atoms with Crippen LogP contribution in [0.2, 0.25) is 0 Å². The van der Waals surface area contributed by atoms with Crippen molar-refractivity contribution in [2.75, 3.05) is 26.2 Å². The number of para-hydroxylation sites is 1. The van der Waals surface area contributed by atoms with E-state index in [0.717, 1.165) is 60.4 Å². The molecule has 1 N–H and O–H groups in total. The van der Waals surface area contributed by atoms with Gasteiger partial charge in [-0.25, -0.2) is 4.98 Å². The van der Waals surface area contributed by atoms with E-state index in [1.807, 2.05) is 41.3 Å². The van der Waals surface area contributed by atoms with Crippen LogP contribution in [0.3, 0.4) is 0 Å². The summed E-state index contributed by atoms with van der Waals surface area (Å²) in [6.45, 7) is 6.57. The number of piperazine rings is 1. The third-order valence-electron chi connectivity index (χ3n) is 6.32. The number of fused-ring (bicyclic) bond motifs is 1. The quantitative estimate of drug-likeness (QED) is 0.544. The second-order valence-electron chi connectivity index (χ2n) is 8.65. The van der Waals surface area contributed by atoms with Gasteiger partial charge in [-0.05, 0) is 25.1 Å². The van der Waals surface area contributed by atoms with Crippen LogP contribution in [0.1, 0.15) is 21.5 Å². The van der Waals surface area contributed by atoms with Crippen molar-refractivity contribution in [3.63, 3.8) is 0 Å². The molecule has 0 bridgehead atoms. The van der Waals surface area contributed by atoms with E-state index in [1.54, 1.807) is 0 Å². The Morgan fingerprint density at radius 2 is 1.66 bits per heavy atom. The lowest BCUT2D eigenvalue weighted by Crippen LogP contribution is -3.13. The number of benzene rings is 3. The van der Waals surface area contributed by atoms with Gasteiger partial charge < -0.3 is 9.80 Å². The van der Waals surface area contributed by atoms with Gasteiger partial charge in [-0.2, -0.15) is 0 Å². The Labute approximate surface area is 189 Å². The van der Waals surface area contributed by atoms with Gasteiger partial charge in [0.1, 0.15) is 6.54 Å². The number of pyridine rings is 1. The number of carbonyl (C=O) groups is 1. The number of amides is 1. The molecule has 4 nitrogen and oxygen atoms in total. The van der Waals surface area contributed by atoms with E-state index in [0.29, 0.717) is 0 Å². The van der Waals surface area contributed by atoms with Crippen LogP contribution in [-0.2, 0) is 6.54 Å². The van der Waals surface area contributed by atoms with Crippen molar-refractivity contribution in [3.05, 3.63) is 102 Å². The number of nitrogens with zero attached hydrogens (tertiary/aromatic N) is 2. The molecular formula is C28H28N3O+. The summed E-state index contributed by atoms with van der Waals surface area (Å²) in [5.41, 5.74) is 6.04. The second kappa shape index (κ2) is 8.93. The minimum Gasteiger partial charge on any atom is -0.328 e. The molecule has 3 aromatic carbocycles. The van der Waals surface area contributed by atoms with E-state index in [-0.39, 0.29) is 5.91 Å². The fraction of sp³-hybridized carbons (Fsp3) is 0.214. The third-order valence-corrected chi connectivity index (χ3v) is 6.32. The Balaban J connectivity index is 1.40. The molecule has 160 valence electrons. The molecule has 4 aromatic rings. The van der Waals surface area contributed by atoms with E-state index in [2.05, 4.69) is 55.5 Å². The predicted octanol–water partition coefficient (Wildman–Crippen LogP) is 3.75. The molecule has 4 heteroatoms. The summed E-state index contributed by atoms with van der Waals surface area (Å²) in [5, 5.41) is 0.924. The lowest BCUT2D eigenvalue weighted by Gasteiger charge is -2.32. The average Bonchev–Trinajstić information content (AvgIpc) is 2.84. The van der Waals surface area contributed by atoms with Gasteiger partial charge in [0.25, 0.3) is 5.91 Å². The minimum absolute atomic E-state index is 0.108. The summed E-state index contributed by atoms with van der Waals surface area (Å²) in [6.07, 6.45) is 0. The number of rotatable bonds is 4. The normalized spacial score (nSPS) is 14.6. The summed E-state index contributed by atoms with van der Waals surface area (Å²) in [5.74, 6) is 0.108. The maximum Gasteiger partial charge on any atom is 0.255 e. The van der Waals surface area contributed by atoms with Crippen molar-refractivity contribution in [2.24, 2.45) is 0 Å². The fourth-order valence-electron chi connectivity index (χ4n) is 4.56. The third kappa shape index (κ3) is 4.27. The van der Waals surface area contributed by atoms with Gasteiger partial charge >= 0.3 is 0 Å². The Morgan fingerprint density at radius 1 is 0.906 bits per heavy atom. The molecule has 0 radical (unpaired) electrons. The van der Waals surface area contributed by atoms with Crippen LogP contribution >= 0.6 is 0 Å². The van der Waals surface area contributed by atoms with Crippen LogP contribution in [0.15, 0.2) is 84.9 Å². The molecule has 1 aromatic heterocycles. The van der Waals surface area contributed by atoms with Crippen molar-refractivity contribution in [1.82, 2.24) is 9.88 Å². The van der Waals surface area contributed by atoms with E-state index in [1.165, 1.54) is 16.0 Å². The van der Waals surface area contributed by atoms with Crippen molar-refractivity contribution in [1.29, 1.82) is 0 Å². The van der Waals surface area contributed by atoms with Crippen LogP contribution in [0, 0.1) is 6.92 Å². The molecule has 2 heterocycles. The summed E-state index contributed by atoms with van der Waals surface area (Å²) in [4.78, 5) is 22.0. The molecule has 0 aliphatic carbocycles. The molecule has 0 saturated carbocycles. The smallest absolute Gasteiger partial charge is 0.255 e. The number of quaternary nitrogens is 1. The average molecular weight is 423 g/mol. The monoisotopic (exact) mass is 422 g/mol. The number of carbonyl (C=O) groups excluding carboxylic acids is 1. The second-order valence-corrected chi connectivity index (χ2v) is 8.65. The lowest BCUT2D eigenvalue weighted by molar-refractivity contribution is -0.917. The zero-order chi connectivity index (χ0) is 21.9. The Bertz CT molecular complexity index is 1240. The van der Waals surface area contributed by atoms with Gasteiger partial charge in [0, 0.05) is 16.5 Å². The SMILES string of the molecule is Cc1cccc(-c2cc(C(=O)N3CC[NH+](Cc4ccccc4)CC3)c3ccccc3n2)c1. The van der Waals surface area contributed by atoms with Crippen LogP contribution < -0.4 is 4.90 Å². The topological polar surface area (TPSA) is 37.6 Å². The zero-order valence-electron chi connectivity index (χ0n) is 18.4. The van der Waals surface area contributed by atoms with Crippen LogP contribution in [-0.4, -0.2) is 42.0 Å². The molecular weight excluding hydrogens is 394 g/mol. The molecule has 1 aliphatic heterocycles. The Kier molecular flexibility index (Phi) is 5.70. The van der Waals surface area contributed by atoms with Crippen LogP contribution in [0.25, 0.3) is 22.2 Å². The van der Waals surface area contributed by atoms with Crippen molar-refractivity contribution >= 4 is 16.8 Å². The highest BCUT2D eigenvalue weighted by atomic mass is 16.2. The largest absolute Gasteiger partial charge is 0.328 e. The van der Waals surface area contributed by atoms with Crippen molar-refractivity contribution < 1.29 is 9.69 Å². The van der Waals surface area contributed by atoms with E-state index in [4.69, 9.17) is 4.98 Å². The minimum atomic E-state index is 0.108. The molecule has 5 rings (SSSR count).